The van der Waals surface area contributed by atoms with Crippen LogP contribution >= 0.6 is 11.8 Å². The summed E-state index contributed by atoms with van der Waals surface area (Å²) in [5.41, 5.74) is 1.75. The van der Waals surface area contributed by atoms with Crippen molar-refractivity contribution in [3.05, 3.63) is 24.3 Å². The molecule has 26 heavy (non-hydrogen) atoms. The van der Waals surface area contributed by atoms with Gasteiger partial charge in [-0.3, -0.25) is 4.79 Å². The number of nitrogens with zero attached hydrogens (tertiary/aromatic N) is 3. The summed E-state index contributed by atoms with van der Waals surface area (Å²) in [6.07, 6.45) is 4.64. The molecule has 1 aliphatic heterocycles. The van der Waals surface area contributed by atoms with Gasteiger partial charge in [-0.25, -0.2) is 9.97 Å². The molecule has 7 heteroatoms. The van der Waals surface area contributed by atoms with Crippen LogP contribution in [-0.2, 0) is 9.53 Å². The van der Waals surface area contributed by atoms with Crippen LogP contribution in [0.25, 0.3) is 11.0 Å². The van der Waals surface area contributed by atoms with Crippen LogP contribution in [0.5, 0.6) is 0 Å². The average Bonchev–Trinajstić information content (AvgIpc) is 3.19. The maximum absolute atomic E-state index is 12.3. The van der Waals surface area contributed by atoms with Gasteiger partial charge in [-0.2, -0.15) is 0 Å². The standard InChI is InChI=1S/C19H24N4O2S/c24-17(20-14-5-1-2-6-14)13-26-19-18(23-9-11-25-12-10-23)21-15-7-3-4-8-16(15)22-19/h3-4,7-8,14H,1-2,5-6,9-13H2,(H,20,24). The molecule has 1 aromatic heterocycles. The van der Waals surface area contributed by atoms with E-state index in [0.29, 0.717) is 25.0 Å². The highest BCUT2D eigenvalue weighted by atomic mass is 32.2. The summed E-state index contributed by atoms with van der Waals surface area (Å²) in [6.45, 7) is 2.99. The third-order valence-corrected chi connectivity index (χ3v) is 5.85. The van der Waals surface area contributed by atoms with Crippen molar-refractivity contribution in [3.63, 3.8) is 0 Å². The fourth-order valence-corrected chi connectivity index (χ4v) is 4.34. The Bertz CT molecular complexity index is 773. The number of carbonyl (C=O) groups is 1. The van der Waals surface area contributed by atoms with E-state index in [0.717, 1.165) is 47.8 Å². The van der Waals surface area contributed by atoms with E-state index in [1.807, 2.05) is 24.3 Å². The van der Waals surface area contributed by atoms with Crippen molar-refractivity contribution in [2.75, 3.05) is 37.0 Å². The first-order valence-corrected chi connectivity index (χ1v) is 10.3. The number of anilines is 1. The van der Waals surface area contributed by atoms with Crippen LogP contribution in [0.15, 0.2) is 29.3 Å². The molecule has 1 aliphatic carbocycles. The number of hydrogen-bond donors (Lipinski definition) is 1. The lowest BCUT2D eigenvalue weighted by atomic mass is 10.2. The SMILES string of the molecule is O=C(CSc1nc2ccccc2nc1N1CCOCC1)NC1CCCC1. The molecule has 1 aromatic carbocycles. The molecule has 0 atom stereocenters. The number of aromatic nitrogens is 2. The summed E-state index contributed by atoms with van der Waals surface area (Å²) in [7, 11) is 0. The molecule has 2 heterocycles. The van der Waals surface area contributed by atoms with E-state index < -0.39 is 0 Å². The molecular formula is C19H24N4O2S. The Morgan fingerprint density at radius 1 is 1.15 bits per heavy atom. The molecule has 2 aliphatic rings. The van der Waals surface area contributed by atoms with Crippen molar-refractivity contribution in [1.82, 2.24) is 15.3 Å². The molecule has 6 nitrogen and oxygen atoms in total. The Morgan fingerprint density at radius 2 is 1.85 bits per heavy atom. The second-order valence-corrected chi connectivity index (χ2v) is 7.74. The fraction of sp³-hybridized carbons (Fsp3) is 0.526. The summed E-state index contributed by atoms with van der Waals surface area (Å²) in [6, 6.07) is 8.24. The zero-order valence-electron chi connectivity index (χ0n) is 14.8. The zero-order chi connectivity index (χ0) is 17.8. The van der Waals surface area contributed by atoms with Crippen molar-refractivity contribution >= 4 is 34.5 Å². The van der Waals surface area contributed by atoms with Gasteiger partial charge in [0.25, 0.3) is 0 Å². The van der Waals surface area contributed by atoms with Crippen molar-refractivity contribution in [2.45, 2.75) is 36.8 Å². The van der Waals surface area contributed by atoms with Gasteiger partial charge in [0, 0.05) is 19.1 Å². The highest BCUT2D eigenvalue weighted by Crippen LogP contribution is 2.29. The maximum atomic E-state index is 12.3. The van der Waals surface area contributed by atoms with Crippen molar-refractivity contribution in [3.8, 4) is 0 Å². The number of benzene rings is 1. The van der Waals surface area contributed by atoms with Crippen molar-refractivity contribution in [2.24, 2.45) is 0 Å². The van der Waals surface area contributed by atoms with E-state index in [9.17, 15) is 4.79 Å². The van der Waals surface area contributed by atoms with Crippen molar-refractivity contribution < 1.29 is 9.53 Å². The number of morpholine rings is 1. The van der Waals surface area contributed by atoms with Crippen LogP contribution in [0.2, 0.25) is 0 Å². The molecule has 1 N–H and O–H groups in total. The molecule has 1 saturated carbocycles. The zero-order valence-corrected chi connectivity index (χ0v) is 15.6. The minimum Gasteiger partial charge on any atom is -0.378 e. The number of carbonyl (C=O) groups excluding carboxylic acids is 1. The van der Waals surface area contributed by atoms with E-state index >= 15 is 0 Å². The van der Waals surface area contributed by atoms with E-state index in [1.165, 1.54) is 24.6 Å². The number of para-hydroxylation sites is 2. The molecule has 0 spiro atoms. The lowest BCUT2D eigenvalue weighted by Crippen LogP contribution is -2.37. The second kappa shape index (κ2) is 8.22. The van der Waals surface area contributed by atoms with E-state index in [2.05, 4.69) is 10.2 Å². The number of amides is 1. The number of rotatable bonds is 5. The van der Waals surface area contributed by atoms with Crippen LogP contribution < -0.4 is 10.2 Å². The topological polar surface area (TPSA) is 67.4 Å². The molecule has 1 saturated heterocycles. The van der Waals surface area contributed by atoms with Crippen molar-refractivity contribution in [1.29, 1.82) is 0 Å². The highest BCUT2D eigenvalue weighted by molar-refractivity contribution is 8.00. The lowest BCUT2D eigenvalue weighted by Gasteiger charge is -2.29. The molecule has 0 bridgehead atoms. The molecule has 0 unspecified atom stereocenters. The summed E-state index contributed by atoms with van der Waals surface area (Å²) >= 11 is 1.48. The average molecular weight is 372 g/mol. The van der Waals surface area contributed by atoms with E-state index in [-0.39, 0.29) is 5.91 Å². The normalized spacial score (nSPS) is 18.4. The number of hydrogen-bond acceptors (Lipinski definition) is 6. The molecule has 0 radical (unpaired) electrons. The third-order valence-electron chi connectivity index (χ3n) is 4.89. The maximum Gasteiger partial charge on any atom is 0.230 e. The smallest absolute Gasteiger partial charge is 0.230 e. The van der Waals surface area contributed by atoms with E-state index in [1.54, 1.807) is 0 Å². The van der Waals surface area contributed by atoms with Crippen LogP contribution in [-0.4, -0.2) is 54.0 Å². The van der Waals surface area contributed by atoms with Gasteiger partial charge in [0.05, 0.1) is 30.0 Å². The summed E-state index contributed by atoms with van der Waals surface area (Å²) < 4.78 is 5.46. The van der Waals surface area contributed by atoms with Crippen LogP contribution in [0.1, 0.15) is 25.7 Å². The predicted molar refractivity (Wildman–Crippen MR) is 104 cm³/mol. The largest absolute Gasteiger partial charge is 0.378 e. The minimum atomic E-state index is 0.0878. The summed E-state index contributed by atoms with van der Waals surface area (Å²) in [4.78, 5) is 24.1. The molecule has 1 amide bonds. The van der Waals surface area contributed by atoms with Gasteiger partial charge in [0.15, 0.2) is 5.82 Å². The third kappa shape index (κ3) is 4.10. The van der Waals surface area contributed by atoms with Gasteiger partial charge in [0.2, 0.25) is 5.91 Å². The first-order chi connectivity index (χ1) is 12.8. The number of fused-ring (bicyclic) bond motifs is 1. The minimum absolute atomic E-state index is 0.0878. The quantitative estimate of drug-likeness (QED) is 0.814. The first kappa shape index (κ1) is 17.5. The van der Waals surface area contributed by atoms with Gasteiger partial charge in [-0.1, -0.05) is 36.7 Å². The van der Waals surface area contributed by atoms with E-state index in [4.69, 9.17) is 14.7 Å². The van der Waals surface area contributed by atoms with Gasteiger partial charge >= 0.3 is 0 Å². The second-order valence-electron chi connectivity index (χ2n) is 6.78. The Kier molecular flexibility index (Phi) is 5.55. The Hall–Kier alpha value is -1.86. The number of thioether (sulfide) groups is 1. The number of ether oxygens (including phenoxy) is 1. The predicted octanol–water partition coefficient (Wildman–Crippen LogP) is 2.62. The number of nitrogens with one attached hydrogen (secondary N) is 1. The van der Waals surface area contributed by atoms with Gasteiger partial charge in [-0.05, 0) is 25.0 Å². The summed E-state index contributed by atoms with van der Waals surface area (Å²) in [5, 5.41) is 3.97. The Morgan fingerprint density at radius 3 is 2.58 bits per heavy atom. The molecule has 138 valence electrons. The highest BCUT2D eigenvalue weighted by Gasteiger charge is 2.21. The molecular weight excluding hydrogens is 348 g/mol. The summed E-state index contributed by atoms with van der Waals surface area (Å²) in [5.74, 6) is 1.33. The van der Waals surface area contributed by atoms with Crippen LogP contribution in [0.4, 0.5) is 5.82 Å². The van der Waals surface area contributed by atoms with Crippen LogP contribution in [0.3, 0.4) is 0 Å². The first-order valence-electron chi connectivity index (χ1n) is 9.31. The fourth-order valence-electron chi connectivity index (χ4n) is 3.53. The lowest BCUT2D eigenvalue weighted by molar-refractivity contribution is -0.119. The van der Waals surface area contributed by atoms with Gasteiger partial charge < -0.3 is 15.0 Å². The van der Waals surface area contributed by atoms with Crippen LogP contribution in [0, 0.1) is 0 Å². The molecule has 2 aromatic rings. The molecule has 2 fully saturated rings. The van der Waals surface area contributed by atoms with Gasteiger partial charge in [0.1, 0.15) is 5.03 Å². The Labute approximate surface area is 157 Å². The monoisotopic (exact) mass is 372 g/mol. The molecule has 4 rings (SSSR count). The Balaban J connectivity index is 1.52. The van der Waals surface area contributed by atoms with Gasteiger partial charge in [-0.15, -0.1) is 0 Å².